The highest BCUT2D eigenvalue weighted by Gasteiger charge is 2.17. The van der Waals surface area contributed by atoms with Crippen LogP contribution in [0.3, 0.4) is 0 Å². The van der Waals surface area contributed by atoms with Gasteiger partial charge in [-0.05, 0) is 32.2 Å². The lowest BCUT2D eigenvalue weighted by atomic mass is 10.1. The second-order valence-corrected chi connectivity index (χ2v) is 6.58. The van der Waals surface area contributed by atoms with E-state index in [2.05, 4.69) is 5.32 Å². The third-order valence-electron chi connectivity index (χ3n) is 2.77. The number of hydrogen-bond donors (Lipinski definition) is 1. The Morgan fingerprint density at radius 3 is 2.60 bits per heavy atom. The highest BCUT2D eigenvalue weighted by atomic mass is 32.1. The first kappa shape index (κ1) is 14.5. The first-order chi connectivity index (χ1) is 9.20. The van der Waals surface area contributed by atoms with Crippen molar-refractivity contribution >= 4 is 27.5 Å². The van der Waals surface area contributed by atoms with Gasteiger partial charge in [-0.1, -0.05) is 0 Å². The number of thiophene rings is 1. The van der Waals surface area contributed by atoms with Gasteiger partial charge in [-0.15, -0.1) is 11.3 Å². The van der Waals surface area contributed by atoms with Crippen molar-refractivity contribution in [1.29, 1.82) is 0 Å². The van der Waals surface area contributed by atoms with Crippen molar-refractivity contribution in [3.8, 4) is 0 Å². The monoisotopic (exact) mass is 295 g/mol. The van der Waals surface area contributed by atoms with Gasteiger partial charge >= 0.3 is 5.69 Å². The average Bonchev–Trinajstić information content (AvgIpc) is 2.78. The van der Waals surface area contributed by atoms with Crippen LogP contribution in [0.15, 0.2) is 21.0 Å². The molecule has 0 aliphatic rings. The van der Waals surface area contributed by atoms with Gasteiger partial charge in [0.25, 0.3) is 5.56 Å². The van der Waals surface area contributed by atoms with Crippen LogP contribution in [0.5, 0.6) is 0 Å². The summed E-state index contributed by atoms with van der Waals surface area (Å²) in [6, 6.07) is 1.69. The number of aromatic nitrogens is 2. The second kappa shape index (κ2) is 4.90. The number of fused-ring (bicyclic) bond motifs is 1. The van der Waals surface area contributed by atoms with Gasteiger partial charge in [0.2, 0.25) is 5.91 Å². The third-order valence-corrected chi connectivity index (χ3v) is 3.66. The maximum Gasteiger partial charge on any atom is 0.331 e. The van der Waals surface area contributed by atoms with Crippen LogP contribution < -0.4 is 16.6 Å². The molecule has 0 spiro atoms. The van der Waals surface area contributed by atoms with Crippen molar-refractivity contribution in [2.75, 3.05) is 0 Å². The number of hydrogen-bond acceptors (Lipinski definition) is 4. The van der Waals surface area contributed by atoms with Gasteiger partial charge < -0.3 is 5.32 Å². The van der Waals surface area contributed by atoms with E-state index in [-0.39, 0.29) is 23.6 Å². The fraction of sp³-hybridized carbons (Fsp3) is 0.462. The van der Waals surface area contributed by atoms with Crippen LogP contribution in [0, 0.1) is 0 Å². The molecule has 1 amide bonds. The molecule has 0 aliphatic heterocycles. The molecular formula is C13H17N3O3S. The standard InChI is InChI=1S/C13H17N3O3S/c1-13(2,3)14-9(17)7-16-8-5-6-20-10(8)11(18)15(4)12(16)19/h5-6H,7H2,1-4H3,(H,14,17). The Kier molecular flexibility index (Phi) is 3.56. The van der Waals surface area contributed by atoms with E-state index in [0.717, 1.165) is 4.57 Å². The van der Waals surface area contributed by atoms with E-state index in [9.17, 15) is 14.4 Å². The number of nitrogens with one attached hydrogen (secondary N) is 1. The first-order valence-corrected chi connectivity index (χ1v) is 7.07. The van der Waals surface area contributed by atoms with E-state index in [4.69, 9.17) is 0 Å². The third kappa shape index (κ3) is 2.67. The fourth-order valence-corrected chi connectivity index (χ4v) is 2.82. The number of carbonyl (C=O) groups is 1. The molecule has 0 unspecified atom stereocenters. The van der Waals surface area contributed by atoms with Crippen molar-refractivity contribution in [3.63, 3.8) is 0 Å². The van der Waals surface area contributed by atoms with Crippen molar-refractivity contribution in [2.45, 2.75) is 32.9 Å². The molecule has 2 aromatic rings. The minimum atomic E-state index is -0.482. The molecule has 0 saturated carbocycles. The van der Waals surface area contributed by atoms with E-state index >= 15 is 0 Å². The van der Waals surface area contributed by atoms with Gasteiger partial charge in [-0.25, -0.2) is 4.79 Å². The van der Waals surface area contributed by atoms with Gasteiger partial charge in [0, 0.05) is 12.6 Å². The number of rotatable bonds is 2. The highest BCUT2D eigenvalue weighted by Crippen LogP contribution is 2.14. The molecule has 0 bridgehead atoms. The Morgan fingerprint density at radius 1 is 1.35 bits per heavy atom. The van der Waals surface area contributed by atoms with E-state index in [0.29, 0.717) is 10.2 Å². The van der Waals surface area contributed by atoms with Gasteiger partial charge in [-0.2, -0.15) is 0 Å². The normalized spacial score (nSPS) is 11.8. The molecule has 1 N–H and O–H groups in total. The van der Waals surface area contributed by atoms with E-state index in [1.54, 1.807) is 11.4 Å². The molecule has 7 heteroatoms. The van der Waals surface area contributed by atoms with Gasteiger partial charge in [0.05, 0.1) is 5.52 Å². The van der Waals surface area contributed by atoms with Crippen LogP contribution in [-0.4, -0.2) is 20.6 Å². The Labute approximate surface area is 119 Å². The Balaban J connectivity index is 2.50. The molecule has 2 rings (SSSR count). The summed E-state index contributed by atoms with van der Waals surface area (Å²) in [6.07, 6.45) is 0. The van der Waals surface area contributed by atoms with Gasteiger partial charge in [0.1, 0.15) is 11.2 Å². The van der Waals surface area contributed by atoms with E-state index in [1.165, 1.54) is 23.0 Å². The van der Waals surface area contributed by atoms with Crippen molar-refractivity contribution in [1.82, 2.24) is 14.5 Å². The molecule has 0 radical (unpaired) electrons. The Bertz CT molecular complexity index is 777. The minimum Gasteiger partial charge on any atom is -0.350 e. The van der Waals surface area contributed by atoms with Crippen molar-refractivity contribution < 1.29 is 4.79 Å². The zero-order chi connectivity index (χ0) is 15.1. The van der Waals surface area contributed by atoms with Gasteiger partial charge in [0.15, 0.2) is 0 Å². The molecule has 0 aromatic carbocycles. The zero-order valence-electron chi connectivity index (χ0n) is 11.9. The topological polar surface area (TPSA) is 73.1 Å². The largest absolute Gasteiger partial charge is 0.350 e. The number of carbonyl (C=O) groups excluding carboxylic acids is 1. The summed E-state index contributed by atoms with van der Waals surface area (Å²) in [5.74, 6) is -0.259. The summed E-state index contributed by atoms with van der Waals surface area (Å²) in [4.78, 5) is 36.1. The molecule has 108 valence electrons. The van der Waals surface area contributed by atoms with Crippen molar-refractivity contribution in [2.24, 2.45) is 7.05 Å². The maximum absolute atomic E-state index is 12.2. The summed E-state index contributed by atoms with van der Waals surface area (Å²) in [5, 5.41) is 4.54. The SMILES string of the molecule is Cn1c(=O)c2sccc2n(CC(=O)NC(C)(C)C)c1=O. The molecular weight excluding hydrogens is 278 g/mol. The first-order valence-electron chi connectivity index (χ1n) is 6.19. The molecule has 0 fully saturated rings. The molecule has 0 aliphatic carbocycles. The lowest BCUT2D eigenvalue weighted by Gasteiger charge is -2.21. The molecule has 2 heterocycles. The summed E-state index contributed by atoms with van der Waals surface area (Å²) >= 11 is 1.27. The molecule has 0 atom stereocenters. The summed E-state index contributed by atoms with van der Waals surface area (Å²) in [7, 11) is 1.42. The lowest BCUT2D eigenvalue weighted by Crippen LogP contribution is -2.45. The van der Waals surface area contributed by atoms with E-state index < -0.39 is 5.69 Å². The molecule has 0 saturated heterocycles. The summed E-state index contributed by atoms with van der Waals surface area (Å²) in [5.41, 5.74) is -0.667. The predicted octanol–water partition coefficient (Wildman–Crippen LogP) is 0.676. The van der Waals surface area contributed by atoms with Crippen LogP contribution in [0.2, 0.25) is 0 Å². The lowest BCUT2D eigenvalue weighted by molar-refractivity contribution is -0.123. The van der Waals surface area contributed by atoms with E-state index in [1.807, 2.05) is 20.8 Å². The average molecular weight is 295 g/mol. The molecule has 6 nitrogen and oxygen atoms in total. The number of nitrogens with zero attached hydrogens (tertiary/aromatic N) is 2. The quantitative estimate of drug-likeness (QED) is 0.885. The second-order valence-electron chi connectivity index (χ2n) is 5.67. The van der Waals surface area contributed by atoms with Crippen LogP contribution in [-0.2, 0) is 18.4 Å². The van der Waals surface area contributed by atoms with Gasteiger partial charge in [-0.3, -0.25) is 18.7 Å². The Hall–Kier alpha value is -1.89. The van der Waals surface area contributed by atoms with Crippen LogP contribution in [0.4, 0.5) is 0 Å². The molecule has 2 aromatic heterocycles. The smallest absolute Gasteiger partial charge is 0.331 e. The highest BCUT2D eigenvalue weighted by molar-refractivity contribution is 7.17. The van der Waals surface area contributed by atoms with Crippen LogP contribution in [0.1, 0.15) is 20.8 Å². The van der Waals surface area contributed by atoms with Crippen molar-refractivity contribution in [3.05, 3.63) is 32.3 Å². The number of amides is 1. The van der Waals surface area contributed by atoms with Crippen LogP contribution >= 0.6 is 11.3 Å². The summed E-state index contributed by atoms with van der Waals surface area (Å²) < 4.78 is 2.84. The van der Waals surface area contributed by atoms with Crippen LogP contribution in [0.25, 0.3) is 10.2 Å². The summed E-state index contributed by atoms with van der Waals surface area (Å²) in [6.45, 7) is 5.51. The Morgan fingerprint density at radius 2 is 2.00 bits per heavy atom. The predicted molar refractivity (Wildman–Crippen MR) is 79.2 cm³/mol. The minimum absolute atomic E-state index is 0.0997. The fourth-order valence-electron chi connectivity index (χ4n) is 1.95. The zero-order valence-corrected chi connectivity index (χ0v) is 12.7. The maximum atomic E-state index is 12.2. The molecule has 20 heavy (non-hydrogen) atoms.